The number of anilines is 1. The third kappa shape index (κ3) is 4.67. The van der Waals surface area contributed by atoms with Crippen molar-refractivity contribution in [3.63, 3.8) is 0 Å². The maximum atomic E-state index is 12.7. The second kappa shape index (κ2) is 8.10. The highest BCUT2D eigenvalue weighted by atomic mass is 32.2. The number of aryl methyl sites for hydroxylation is 2. The van der Waals surface area contributed by atoms with Crippen LogP contribution in [0.2, 0.25) is 0 Å². The second-order valence-corrected chi connectivity index (χ2v) is 8.42. The molecule has 1 heterocycles. The molecule has 1 amide bonds. The molecule has 0 bridgehead atoms. The van der Waals surface area contributed by atoms with Crippen LogP contribution in [0.1, 0.15) is 34.3 Å². The first-order valence-electron chi connectivity index (χ1n) is 8.96. The maximum absolute atomic E-state index is 12.7. The summed E-state index contributed by atoms with van der Waals surface area (Å²) in [7, 11) is -3.79. The Morgan fingerprint density at radius 3 is 2.63 bits per heavy atom. The molecule has 2 aromatic carbocycles. The zero-order chi connectivity index (χ0) is 19.4. The topological polar surface area (TPSA) is 84.5 Å². The molecule has 2 N–H and O–H groups in total. The number of ether oxygens (including phenoxy) is 1. The van der Waals surface area contributed by atoms with Crippen molar-refractivity contribution >= 4 is 21.6 Å². The summed E-state index contributed by atoms with van der Waals surface area (Å²) in [6.45, 7) is 4.91. The maximum Gasteiger partial charge on any atom is 0.261 e. The first-order chi connectivity index (χ1) is 12.9. The van der Waals surface area contributed by atoms with Crippen LogP contribution >= 0.6 is 0 Å². The lowest BCUT2D eigenvalue weighted by atomic mass is 10.1. The molecule has 0 radical (unpaired) electrons. The molecule has 1 saturated heterocycles. The lowest BCUT2D eigenvalue weighted by Gasteiger charge is -2.15. The van der Waals surface area contributed by atoms with E-state index in [1.54, 1.807) is 42.5 Å². The van der Waals surface area contributed by atoms with E-state index in [0.29, 0.717) is 13.2 Å². The fraction of sp³-hybridized carbons (Fsp3) is 0.350. The minimum atomic E-state index is -3.79. The first-order valence-corrected chi connectivity index (χ1v) is 10.4. The number of hydrogen-bond donors (Lipinski definition) is 2. The summed E-state index contributed by atoms with van der Waals surface area (Å²) in [4.78, 5) is 12.7. The highest BCUT2D eigenvalue weighted by Crippen LogP contribution is 2.22. The van der Waals surface area contributed by atoms with Gasteiger partial charge in [-0.25, -0.2) is 8.42 Å². The van der Waals surface area contributed by atoms with Crippen LogP contribution in [0.25, 0.3) is 0 Å². The lowest BCUT2D eigenvalue weighted by Crippen LogP contribution is -2.32. The standard InChI is InChI=1S/C20H24N2O4S/c1-14-9-10-17(12-15(14)2)27(24,25)22-19-8-4-3-7-18(19)20(23)21-13-16-6-5-11-26-16/h3-4,7-10,12,16,22H,5-6,11,13H2,1-2H3,(H,21,23)/t16-/m1/s1. The van der Waals surface area contributed by atoms with E-state index in [1.165, 1.54) is 0 Å². The van der Waals surface area contributed by atoms with Gasteiger partial charge in [-0.1, -0.05) is 18.2 Å². The van der Waals surface area contributed by atoms with Gasteiger partial charge in [0, 0.05) is 13.2 Å². The van der Waals surface area contributed by atoms with Crippen LogP contribution in [0.3, 0.4) is 0 Å². The Morgan fingerprint density at radius 1 is 1.15 bits per heavy atom. The highest BCUT2D eigenvalue weighted by Gasteiger charge is 2.21. The molecule has 6 nitrogen and oxygen atoms in total. The van der Waals surface area contributed by atoms with Crippen LogP contribution in [0.5, 0.6) is 0 Å². The molecule has 0 aliphatic carbocycles. The normalized spacial score (nSPS) is 16.9. The van der Waals surface area contributed by atoms with Gasteiger partial charge in [0.25, 0.3) is 15.9 Å². The van der Waals surface area contributed by atoms with Crippen LogP contribution < -0.4 is 10.0 Å². The number of rotatable bonds is 6. The number of sulfonamides is 1. The number of hydrogen-bond acceptors (Lipinski definition) is 4. The molecular weight excluding hydrogens is 364 g/mol. The van der Waals surface area contributed by atoms with Gasteiger partial charge in [-0.3, -0.25) is 9.52 Å². The van der Waals surface area contributed by atoms with Gasteiger partial charge in [-0.05, 0) is 62.1 Å². The van der Waals surface area contributed by atoms with Gasteiger partial charge in [0.15, 0.2) is 0 Å². The van der Waals surface area contributed by atoms with Gasteiger partial charge in [0.1, 0.15) is 0 Å². The SMILES string of the molecule is Cc1ccc(S(=O)(=O)Nc2ccccc2C(=O)NC[C@H]2CCCO2)cc1C. The molecule has 7 heteroatoms. The van der Waals surface area contributed by atoms with E-state index in [9.17, 15) is 13.2 Å². The average molecular weight is 388 g/mol. The minimum absolute atomic E-state index is 0.0216. The third-order valence-corrected chi connectivity index (χ3v) is 6.08. The summed E-state index contributed by atoms with van der Waals surface area (Å²) in [5, 5.41) is 2.82. The van der Waals surface area contributed by atoms with Crippen molar-refractivity contribution in [2.45, 2.75) is 37.7 Å². The second-order valence-electron chi connectivity index (χ2n) is 6.74. The largest absolute Gasteiger partial charge is 0.376 e. The van der Waals surface area contributed by atoms with E-state index < -0.39 is 10.0 Å². The molecule has 1 fully saturated rings. The Balaban J connectivity index is 1.78. The lowest BCUT2D eigenvalue weighted by molar-refractivity contribution is 0.0858. The zero-order valence-corrected chi connectivity index (χ0v) is 16.3. The van der Waals surface area contributed by atoms with Gasteiger partial charge in [0.2, 0.25) is 0 Å². The summed E-state index contributed by atoms with van der Waals surface area (Å²) in [6.07, 6.45) is 1.93. The molecule has 1 atom stereocenters. The van der Waals surface area contributed by atoms with E-state index in [1.807, 2.05) is 13.8 Å². The number of amides is 1. The molecule has 27 heavy (non-hydrogen) atoms. The van der Waals surface area contributed by atoms with Crippen LogP contribution in [-0.4, -0.2) is 33.6 Å². The molecule has 1 aliphatic heterocycles. The minimum Gasteiger partial charge on any atom is -0.376 e. The van der Waals surface area contributed by atoms with Gasteiger partial charge in [0.05, 0.1) is 22.3 Å². The molecule has 2 aromatic rings. The van der Waals surface area contributed by atoms with Crippen LogP contribution in [-0.2, 0) is 14.8 Å². The van der Waals surface area contributed by atoms with Crippen molar-refractivity contribution in [2.24, 2.45) is 0 Å². The molecule has 144 valence electrons. The molecule has 0 aromatic heterocycles. The van der Waals surface area contributed by atoms with Crippen molar-refractivity contribution in [3.8, 4) is 0 Å². The van der Waals surface area contributed by atoms with E-state index >= 15 is 0 Å². The predicted molar refractivity (Wildman–Crippen MR) is 104 cm³/mol. The summed E-state index contributed by atoms with van der Waals surface area (Å²) < 4.78 is 33.5. The fourth-order valence-corrected chi connectivity index (χ4v) is 4.13. The average Bonchev–Trinajstić information content (AvgIpc) is 3.15. The quantitative estimate of drug-likeness (QED) is 0.797. The number of nitrogens with one attached hydrogen (secondary N) is 2. The smallest absolute Gasteiger partial charge is 0.261 e. The Hall–Kier alpha value is -2.38. The van der Waals surface area contributed by atoms with E-state index in [0.717, 1.165) is 24.0 Å². The molecule has 0 spiro atoms. The monoisotopic (exact) mass is 388 g/mol. The van der Waals surface area contributed by atoms with Crippen molar-refractivity contribution < 1.29 is 17.9 Å². The van der Waals surface area contributed by atoms with Crippen LogP contribution in [0.15, 0.2) is 47.4 Å². The molecule has 0 unspecified atom stereocenters. The highest BCUT2D eigenvalue weighted by molar-refractivity contribution is 7.92. The number of carbonyl (C=O) groups excluding carboxylic acids is 1. The molecular formula is C20H24N2O4S. The Labute approximate surface area is 160 Å². The van der Waals surface area contributed by atoms with Crippen LogP contribution in [0.4, 0.5) is 5.69 Å². The molecule has 1 aliphatic rings. The zero-order valence-electron chi connectivity index (χ0n) is 15.5. The van der Waals surface area contributed by atoms with Gasteiger partial charge < -0.3 is 10.1 Å². The van der Waals surface area contributed by atoms with Crippen molar-refractivity contribution in [1.82, 2.24) is 5.32 Å². The summed E-state index contributed by atoms with van der Waals surface area (Å²) in [6, 6.07) is 11.5. The van der Waals surface area contributed by atoms with Gasteiger partial charge >= 0.3 is 0 Å². The molecule has 3 rings (SSSR count). The Kier molecular flexibility index (Phi) is 5.82. The molecule has 0 saturated carbocycles. The summed E-state index contributed by atoms with van der Waals surface area (Å²) >= 11 is 0. The number of para-hydroxylation sites is 1. The Morgan fingerprint density at radius 2 is 1.93 bits per heavy atom. The third-order valence-electron chi connectivity index (χ3n) is 4.72. The van der Waals surface area contributed by atoms with Gasteiger partial charge in [-0.2, -0.15) is 0 Å². The van der Waals surface area contributed by atoms with Crippen LogP contribution in [0, 0.1) is 13.8 Å². The summed E-state index contributed by atoms with van der Waals surface area (Å²) in [5.41, 5.74) is 2.44. The van der Waals surface area contributed by atoms with Crippen molar-refractivity contribution in [2.75, 3.05) is 17.9 Å². The number of benzene rings is 2. The van der Waals surface area contributed by atoms with E-state index in [2.05, 4.69) is 10.0 Å². The predicted octanol–water partition coefficient (Wildman–Crippen LogP) is 3.01. The first kappa shape index (κ1) is 19.4. The van der Waals surface area contributed by atoms with E-state index in [-0.39, 0.29) is 28.2 Å². The van der Waals surface area contributed by atoms with Gasteiger partial charge in [-0.15, -0.1) is 0 Å². The van der Waals surface area contributed by atoms with Crippen molar-refractivity contribution in [1.29, 1.82) is 0 Å². The van der Waals surface area contributed by atoms with Crippen molar-refractivity contribution in [3.05, 3.63) is 59.2 Å². The number of carbonyl (C=O) groups is 1. The fourth-order valence-electron chi connectivity index (χ4n) is 2.96. The Bertz CT molecular complexity index is 935. The van der Waals surface area contributed by atoms with E-state index in [4.69, 9.17) is 4.74 Å². The summed E-state index contributed by atoms with van der Waals surface area (Å²) in [5.74, 6) is -0.330.